The van der Waals surface area contributed by atoms with Crippen LogP contribution in [-0.4, -0.2) is 47.6 Å². The standard InChI is InChI=1S/C12H19NO2S/c1-8-3-10(8)11(14)13-6-12(7-13)4-9(15-2)5-16-12/h8-10H,3-7H2,1-2H3. The van der Waals surface area contributed by atoms with Crippen LogP contribution in [0.15, 0.2) is 0 Å². The number of likely N-dealkylation sites (tertiary alicyclic amines) is 1. The molecular formula is C12H19NO2S. The lowest BCUT2D eigenvalue weighted by Crippen LogP contribution is -2.61. The Morgan fingerprint density at radius 2 is 2.19 bits per heavy atom. The first kappa shape index (κ1) is 10.9. The van der Waals surface area contributed by atoms with E-state index in [9.17, 15) is 4.79 Å². The van der Waals surface area contributed by atoms with Gasteiger partial charge in [0.2, 0.25) is 5.91 Å². The summed E-state index contributed by atoms with van der Waals surface area (Å²) >= 11 is 2.00. The van der Waals surface area contributed by atoms with E-state index in [1.165, 1.54) is 0 Å². The van der Waals surface area contributed by atoms with Crippen LogP contribution >= 0.6 is 11.8 Å². The lowest BCUT2D eigenvalue weighted by Gasteiger charge is -2.47. The second kappa shape index (κ2) is 3.64. The van der Waals surface area contributed by atoms with Gasteiger partial charge < -0.3 is 9.64 Å². The molecule has 3 atom stereocenters. The number of methoxy groups -OCH3 is 1. The van der Waals surface area contributed by atoms with E-state index in [0.717, 1.165) is 31.7 Å². The summed E-state index contributed by atoms with van der Waals surface area (Å²) in [4.78, 5) is 14.0. The summed E-state index contributed by atoms with van der Waals surface area (Å²) in [6.45, 7) is 4.09. The number of carbonyl (C=O) groups excluding carboxylic acids is 1. The average molecular weight is 241 g/mol. The summed E-state index contributed by atoms with van der Waals surface area (Å²) < 4.78 is 5.73. The quantitative estimate of drug-likeness (QED) is 0.731. The number of hydrogen-bond acceptors (Lipinski definition) is 3. The Hall–Kier alpha value is -0.220. The highest BCUT2D eigenvalue weighted by Crippen LogP contribution is 2.48. The van der Waals surface area contributed by atoms with Crippen molar-refractivity contribution >= 4 is 17.7 Å². The van der Waals surface area contributed by atoms with Gasteiger partial charge in [-0.1, -0.05) is 6.92 Å². The highest BCUT2D eigenvalue weighted by molar-refractivity contribution is 8.01. The third kappa shape index (κ3) is 1.66. The molecule has 1 aliphatic carbocycles. The summed E-state index contributed by atoms with van der Waals surface area (Å²) in [5, 5.41) is 0. The maximum absolute atomic E-state index is 12.0. The molecule has 0 aromatic rings. The average Bonchev–Trinajstić information content (AvgIpc) is 2.80. The first-order valence-corrected chi connectivity index (χ1v) is 7.08. The summed E-state index contributed by atoms with van der Waals surface area (Å²) in [5.41, 5.74) is 0. The number of amides is 1. The van der Waals surface area contributed by atoms with Gasteiger partial charge in [-0.2, -0.15) is 0 Å². The zero-order chi connectivity index (χ0) is 11.3. The van der Waals surface area contributed by atoms with Crippen molar-refractivity contribution < 1.29 is 9.53 Å². The molecule has 3 aliphatic rings. The number of carbonyl (C=O) groups is 1. The van der Waals surface area contributed by atoms with Crippen LogP contribution in [0.2, 0.25) is 0 Å². The Morgan fingerprint density at radius 3 is 2.69 bits per heavy atom. The highest BCUT2D eigenvalue weighted by atomic mass is 32.2. The second-order valence-corrected chi connectivity index (χ2v) is 7.06. The van der Waals surface area contributed by atoms with Crippen molar-refractivity contribution in [3.63, 3.8) is 0 Å². The molecule has 1 saturated carbocycles. The molecule has 0 N–H and O–H groups in total. The second-order valence-electron chi connectivity index (χ2n) is 5.57. The molecule has 2 heterocycles. The number of ether oxygens (including phenoxy) is 1. The SMILES string of the molecule is COC1CSC2(C1)CN(C(=O)C1CC1C)C2. The minimum absolute atomic E-state index is 0.342. The zero-order valence-corrected chi connectivity index (χ0v) is 10.8. The summed E-state index contributed by atoms with van der Waals surface area (Å²) in [6.07, 6.45) is 2.64. The third-order valence-corrected chi connectivity index (χ3v) is 5.78. The molecular weight excluding hydrogens is 222 g/mol. The molecule has 16 heavy (non-hydrogen) atoms. The van der Waals surface area contributed by atoms with Gasteiger partial charge in [0.1, 0.15) is 0 Å². The number of nitrogens with zero attached hydrogens (tertiary/aromatic N) is 1. The van der Waals surface area contributed by atoms with Crippen LogP contribution < -0.4 is 0 Å². The predicted molar refractivity (Wildman–Crippen MR) is 64.5 cm³/mol. The van der Waals surface area contributed by atoms with Crippen LogP contribution in [0.3, 0.4) is 0 Å². The smallest absolute Gasteiger partial charge is 0.226 e. The lowest BCUT2D eigenvalue weighted by molar-refractivity contribution is -0.138. The number of thioether (sulfide) groups is 1. The topological polar surface area (TPSA) is 29.5 Å². The fourth-order valence-electron chi connectivity index (χ4n) is 2.88. The van der Waals surface area contributed by atoms with E-state index in [0.29, 0.717) is 28.6 Å². The fraction of sp³-hybridized carbons (Fsp3) is 0.917. The van der Waals surface area contributed by atoms with Gasteiger partial charge in [0, 0.05) is 31.9 Å². The summed E-state index contributed by atoms with van der Waals surface area (Å²) in [5.74, 6) is 2.48. The minimum atomic E-state index is 0.342. The molecule has 2 aliphatic heterocycles. The van der Waals surface area contributed by atoms with Gasteiger partial charge >= 0.3 is 0 Å². The van der Waals surface area contributed by atoms with Crippen LogP contribution in [0, 0.1) is 11.8 Å². The maximum atomic E-state index is 12.0. The van der Waals surface area contributed by atoms with Crippen LogP contribution in [0.4, 0.5) is 0 Å². The molecule has 1 amide bonds. The molecule has 0 radical (unpaired) electrons. The van der Waals surface area contributed by atoms with Gasteiger partial charge in [0.25, 0.3) is 0 Å². The predicted octanol–water partition coefficient (Wildman–Crippen LogP) is 1.38. The van der Waals surface area contributed by atoms with E-state index in [-0.39, 0.29) is 0 Å². The Kier molecular flexibility index (Phi) is 2.48. The van der Waals surface area contributed by atoms with Crippen LogP contribution in [0.25, 0.3) is 0 Å². The first-order chi connectivity index (χ1) is 7.63. The van der Waals surface area contributed by atoms with Crippen LogP contribution in [-0.2, 0) is 9.53 Å². The molecule has 3 unspecified atom stereocenters. The zero-order valence-electron chi connectivity index (χ0n) is 9.94. The Balaban J connectivity index is 1.53. The van der Waals surface area contributed by atoms with Crippen molar-refractivity contribution in [2.75, 3.05) is 26.0 Å². The molecule has 3 fully saturated rings. The van der Waals surface area contributed by atoms with E-state index in [1.807, 2.05) is 11.8 Å². The number of rotatable bonds is 2. The molecule has 3 nitrogen and oxygen atoms in total. The molecule has 0 bridgehead atoms. The molecule has 90 valence electrons. The molecule has 0 aromatic heterocycles. The van der Waals surface area contributed by atoms with E-state index >= 15 is 0 Å². The summed E-state index contributed by atoms with van der Waals surface area (Å²) in [6, 6.07) is 0. The van der Waals surface area contributed by atoms with Crippen molar-refractivity contribution in [1.82, 2.24) is 4.90 Å². The van der Waals surface area contributed by atoms with E-state index in [4.69, 9.17) is 4.74 Å². The van der Waals surface area contributed by atoms with Crippen LogP contribution in [0.5, 0.6) is 0 Å². The van der Waals surface area contributed by atoms with E-state index < -0.39 is 0 Å². The van der Waals surface area contributed by atoms with Gasteiger partial charge in [0.15, 0.2) is 0 Å². The molecule has 0 aromatic carbocycles. The summed E-state index contributed by atoms with van der Waals surface area (Å²) in [7, 11) is 1.79. The van der Waals surface area contributed by atoms with Crippen molar-refractivity contribution in [1.29, 1.82) is 0 Å². The number of hydrogen-bond donors (Lipinski definition) is 0. The van der Waals surface area contributed by atoms with Crippen molar-refractivity contribution in [2.24, 2.45) is 11.8 Å². The van der Waals surface area contributed by atoms with Crippen molar-refractivity contribution in [3.8, 4) is 0 Å². The molecule has 3 rings (SSSR count). The van der Waals surface area contributed by atoms with Crippen LogP contribution in [0.1, 0.15) is 19.8 Å². The van der Waals surface area contributed by atoms with Crippen molar-refractivity contribution in [2.45, 2.75) is 30.6 Å². The largest absolute Gasteiger partial charge is 0.381 e. The molecule has 2 saturated heterocycles. The first-order valence-electron chi connectivity index (χ1n) is 6.09. The lowest BCUT2D eigenvalue weighted by atomic mass is 9.92. The Bertz CT molecular complexity index is 314. The van der Waals surface area contributed by atoms with E-state index in [2.05, 4.69) is 11.8 Å². The van der Waals surface area contributed by atoms with E-state index in [1.54, 1.807) is 7.11 Å². The maximum Gasteiger partial charge on any atom is 0.226 e. The van der Waals surface area contributed by atoms with Gasteiger partial charge in [-0.15, -0.1) is 11.8 Å². The van der Waals surface area contributed by atoms with Crippen molar-refractivity contribution in [3.05, 3.63) is 0 Å². The normalized spacial score (nSPS) is 39.9. The third-order valence-electron chi connectivity index (χ3n) is 4.20. The van der Waals surface area contributed by atoms with Gasteiger partial charge in [-0.25, -0.2) is 0 Å². The Morgan fingerprint density at radius 1 is 1.50 bits per heavy atom. The molecule has 1 spiro atoms. The Labute approximate surface area is 101 Å². The molecule has 4 heteroatoms. The minimum Gasteiger partial charge on any atom is -0.381 e. The highest BCUT2D eigenvalue weighted by Gasteiger charge is 2.53. The van der Waals surface area contributed by atoms with Gasteiger partial charge in [0.05, 0.1) is 10.9 Å². The monoisotopic (exact) mass is 241 g/mol. The van der Waals surface area contributed by atoms with Gasteiger partial charge in [-0.05, 0) is 18.8 Å². The fourth-order valence-corrected chi connectivity index (χ4v) is 4.47. The van der Waals surface area contributed by atoms with Gasteiger partial charge in [-0.3, -0.25) is 4.79 Å².